The largest absolute Gasteiger partial charge is 0.379 e. The fraction of sp³-hybridized carbons (Fsp3) is 0.0769. The number of thiazole rings is 1. The number of pyridine rings is 1. The van der Waals surface area contributed by atoms with Gasteiger partial charge in [0, 0.05) is 28.3 Å². The molecule has 3 nitrogen and oxygen atoms in total. The zero-order chi connectivity index (χ0) is 11.5. The summed E-state index contributed by atoms with van der Waals surface area (Å²) in [6.45, 7) is 0.804. The highest BCUT2D eigenvalue weighted by Gasteiger charge is 2.01. The van der Waals surface area contributed by atoms with E-state index in [2.05, 4.69) is 21.4 Å². The number of hydrogen-bond acceptors (Lipinski definition) is 4. The van der Waals surface area contributed by atoms with Crippen molar-refractivity contribution in [1.82, 2.24) is 9.97 Å². The highest BCUT2D eigenvalue weighted by Crippen LogP contribution is 2.21. The Kier molecular flexibility index (Phi) is 2.71. The second-order valence-electron chi connectivity index (χ2n) is 3.70. The quantitative estimate of drug-likeness (QED) is 0.764. The molecule has 3 aromatic rings. The zero-order valence-electron chi connectivity index (χ0n) is 9.13. The smallest absolute Gasteiger partial charge is 0.0794 e. The average Bonchev–Trinajstić information content (AvgIpc) is 2.89. The van der Waals surface area contributed by atoms with E-state index < -0.39 is 0 Å². The Balaban J connectivity index is 1.90. The van der Waals surface area contributed by atoms with Gasteiger partial charge in [0.2, 0.25) is 0 Å². The molecule has 0 bridgehead atoms. The summed E-state index contributed by atoms with van der Waals surface area (Å²) >= 11 is 1.66. The van der Waals surface area contributed by atoms with Crippen LogP contribution in [0.4, 0.5) is 5.69 Å². The minimum absolute atomic E-state index is 0.804. The van der Waals surface area contributed by atoms with Crippen LogP contribution in [-0.4, -0.2) is 9.97 Å². The maximum atomic E-state index is 4.34. The van der Waals surface area contributed by atoms with Gasteiger partial charge in [0.15, 0.2) is 0 Å². The van der Waals surface area contributed by atoms with Crippen molar-refractivity contribution in [3.8, 4) is 0 Å². The molecule has 1 N–H and O–H groups in total. The van der Waals surface area contributed by atoms with Crippen LogP contribution in [0.25, 0.3) is 10.9 Å². The molecule has 1 aromatic carbocycles. The minimum atomic E-state index is 0.804. The predicted molar refractivity (Wildman–Crippen MR) is 71.2 cm³/mol. The lowest BCUT2D eigenvalue weighted by atomic mass is 10.2. The monoisotopic (exact) mass is 241 g/mol. The van der Waals surface area contributed by atoms with Crippen molar-refractivity contribution in [3.05, 3.63) is 53.1 Å². The van der Waals surface area contributed by atoms with Gasteiger partial charge in [-0.2, -0.15) is 0 Å². The average molecular weight is 241 g/mol. The lowest BCUT2D eigenvalue weighted by molar-refractivity contribution is 1.18. The summed E-state index contributed by atoms with van der Waals surface area (Å²) in [5, 5.41) is 4.57. The van der Waals surface area contributed by atoms with Crippen LogP contribution >= 0.6 is 11.3 Å². The number of rotatable bonds is 3. The van der Waals surface area contributed by atoms with Gasteiger partial charge in [-0.25, -0.2) is 0 Å². The Hall–Kier alpha value is -1.94. The van der Waals surface area contributed by atoms with Crippen molar-refractivity contribution >= 4 is 27.9 Å². The fourth-order valence-corrected chi connectivity index (χ4v) is 2.30. The molecule has 0 spiro atoms. The molecular weight excluding hydrogens is 230 g/mol. The Labute approximate surface area is 103 Å². The molecule has 17 heavy (non-hydrogen) atoms. The van der Waals surface area contributed by atoms with Gasteiger partial charge in [0.05, 0.1) is 17.6 Å². The second kappa shape index (κ2) is 4.51. The van der Waals surface area contributed by atoms with E-state index in [0.717, 1.165) is 23.1 Å². The third-order valence-corrected chi connectivity index (χ3v) is 3.37. The highest BCUT2D eigenvalue weighted by atomic mass is 32.1. The highest BCUT2D eigenvalue weighted by molar-refractivity contribution is 7.09. The van der Waals surface area contributed by atoms with Crippen LogP contribution in [0.5, 0.6) is 0 Å². The lowest BCUT2D eigenvalue weighted by Crippen LogP contribution is -1.98. The first-order valence-electron chi connectivity index (χ1n) is 5.38. The first kappa shape index (κ1) is 10.2. The number of nitrogens with zero attached hydrogens (tertiary/aromatic N) is 2. The van der Waals surface area contributed by atoms with E-state index in [1.54, 1.807) is 11.3 Å². The van der Waals surface area contributed by atoms with Gasteiger partial charge in [-0.1, -0.05) is 18.2 Å². The van der Waals surface area contributed by atoms with Crippen molar-refractivity contribution < 1.29 is 0 Å². The van der Waals surface area contributed by atoms with Crippen molar-refractivity contribution in [1.29, 1.82) is 0 Å². The number of benzene rings is 1. The Morgan fingerprint density at radius 3 is 3.00 bits per heavy atom. The molecule has 0 fully saturated rings. The van der Waals surface area contributed by atoms with Gasteiger partial charge >= 0.3 is 0 Å². The summed E-state index contributed by atoms with van der Waals surface area (Å²) in [4.78, 5) is 9.63. The van der Waals surface area contributed by atoms with Crippen molar-refractivity contribution in [2.75, 3.05) is 5.32 Å². The fourth-order valence-electron chi connectivity index (χ4n) is 1.76. The zero-order valence-corrected chi connectivity index (χ0v) is 9.95. The number of anilines is 1. The van der Waals surface area contributed by atoms with Crippen LogP contribution in [0.1, 0.15) is 4.88 Å². The number of para-hydroxylation sites is 1. The van der Waals surface area contributed by atoms with Crippen molar-refractivity contribution in [2.45, 2.75) is 6.54 Å². The number of aromatic nitrogens is 2. The summed E-state index contributed by atoms with van der Waals surface area (Å²) in [5.41, 5.74) is 3.98. The Bertz CT molecular complexity index is 614. The van der Waals surface area contributed by atoms with E-state index in [4.69, 9.17) is 0 Å². The van der Waals surface area contributed by atoms with E-state index in [0.29, 0.717) is 0 Å². The van der Waals surface area contributed by atoms with Crippen LogP contribution in [0.3, 0.4) is 0 Å². The molecular formula is C13H11N3S. The molecule has 2 aromatic heterocycles. The summed E-state index contributed by atoms with van der Waals surface area (Å²) in [6, 6.07) is 10.1. The third kappa shape index (κ3) is 2.12. The second-order valence-corrected chi connectivity index (χ2v) is 4.67. The van der Waals surface area contributed by atoms with E-state index in [1.807, 2.05) is 42.2 Å². The topological polar surface area (TPSA) is 37.8 Å². The number of hydrogen-bond donors (Lipinski definition) is 1. The van der Waals surface area contributed by atoms with E-state index in [-0.39, 0.29) is 0 Å². The van der Waals surface area contributed by atoms with E-state index >= 15 is 0 Å². The molecule has 0 unspecified atom stereocenters. The molecule has 84 valence electrons. The molecule has 0 aliphatic carbocycles. The van der Waals surface area contributed by atoms with Gasteiger partial charge < -0.3 is 5.32 Å². The van der Waals surface area contributed by atoms with E-state index in [9.17, 15) is 0 Å². The van der Waals surface area contributed by atoms with Crippen LogP contribution < -0.4 is 5.32 Å². The van der Waals surface area contributed by atoms with Crippen LogP contribution in [0.2, 0.25) is 0 Å². The maximum Gasteiger partial charge on any atom is 0.0794 e. The number of fused-ring (bicyclic) bond motifs is 1. The maximum absolute atomic E-state index is 4.34. The number of nitrogens with one attached hydrogen (secondary N) is 1. The third-order valence-electron chi connectivity index (χ3n) is 2.59. The Morgan fingerprint density at radius 1 is 1.18 bits per heavy atom. The first-order chi connectivity index (χ1) is 8.43. The first-order valence-corrected chi connectivity index (χ1v) is 6.26. The van der Waals surface area contributed by atoms with Gasteiger partial charge in [-0.05, 0) is 12.1 Å². The molecule has 0 saturated carbocycles. The minimum Gasteiger partial charge on any atom is -0.379 e. The molecule has 0 aliphatic heterocycles. The van der Waals surface area contributed by atoms with Gasteiger partial charge in [0.25, 0.3) is 0 Å². The normalized spacial score (nSPS) is 10.6. The molecule has 0 saturated heterocycles. The standard InChI is InChI=1S/C13H11N3S/c1-2-4-12-11(3-1)13(5-6-15-12)16-8-10-7-14-9-17-10/h1-7,9H,8H2,(H,15,16). The molecule has 3 rings (SSSR count). The van der Waals surface area contributed by atoms with Gasteiger partial charge in [0.1, 0.15) is 0 Å². The summed E-state index contributed by atoms with van der Waals surface area (Å²) in [6.07, 6.45) is 3.72. The molecule has 0 amide bonds. The van der Waals surface area contributed by atoms with Gasteiger partial charge in [-0.15, -0.1) is 11.3 Å². The van der Waals surface area contributed by atoms with Crippen LogP contribution in [0.15, 0.2) is 48.2 Å². The predicted octanol–water partition coefficient (Wildman–Crippen LogP) is 3.30. The molecule has 0 aliphatic rings. The molecule has 2 heterocycles. The molecule has 0 radical (unpaired) electrons. The van der Waals surface area contributed by atoms with Gasteiger partial charge in [-0.3, -0.25) is 9.97 Å². The van der Waals surface area contributed by atoms with Crippen molar-refractivity contribution in [3.63, 3.8) is 0 Å². The molecule has 4 heteroatoms. The SMILES string of the molecule is c1ccc2c(NCc3cncs3)ccnc2c1. The van der Waals surface area contributed by atoms with E-state index in [1.165, 1.54) is 4.88 Å². The Morgan fingerprint density at radius 2 is 2.12 bits per heavy atom. The summed E-state index contributed by atoms with van der Waals surface area (Å²) in [7, 11) is 0. The van der Waals surface area contributed by atoms with Crippen LogP contribution in [0, 0.1) is 0 Å². The summed E-state index contributed by atoms with van der Waals surface area (Å²) < 4.78 is 0. The molecule has 0 atom stereocenters. The lowest BCUT2D eigenvalue weighted by Gasteiger charge is -2.07. The van der Waals surface area contributed by atoms with Crippen LogP contribution in [-0.2, 0) is 6.54 Å². The van der Waals surface area contributed by atoms with Crippen molar-refractivity contribution in [2.24, 2.45) is 0 Å². The summed E-state index contributed by atoms with van der Waals surface area (Å²) in [5.74, 6) is 0.